The second-order valence-electron chi connectivity index (χ2n) is 6.83. The van der Waals surface area contributed by atoms with Crippen molar-refractivity contribution in [2.24, 2.45) is 0 Å². The molecular weight excluding hydrogens is 414 g/mol. The number of hydrogen-bond acceptors (Lipinski definition) is 4. The van der Waals surface area contributed by atoms with Crippen molar-refractivity contribution < 1.29 is 18.0 Å². The Morgan fingerprint density at radius 2 is 1.62 bits per heavy atom. The summed E-state index contributed by atoms with van der Waals surface area (Å²) >= 11 is 6.16. The highest BCUT2D eigenvalue weighted by Gasteiger charge is 2.28. The summed E-state index contributed by atoms with van der Waals surface area (Å²) in [6.07, 6.45) is 2.61. The number of hydrogen-bond donors (Lipinski definition) is 2. The maximum absolute atomic E-state index is 13.0. The van der Waals surface area contributed by atoms with Crippen LogP contribution in [0.5, 0.6) is 0 Å². The number of piperidine rings is 1. The second kappa shape index (κ2) is 8.94. The molecule has 0 saturated carbocycles. The van der Waals surface area contributed by atoms with Crippen molar-refractivity contribution in [3.63, 3.8) is 0 Å². The Labute approximate surface area is 175 Å². The van der Waals surface area contributed by atoms with Gasteiger partial charge in [0.2, 0.25) is 15.9 Å². The number of anilines is 2. The molecule has 0 aromatic heterocycles. The molecule has 2 aromatic rings. The molecule has 0 unspecified atom stereocenters. The second-order valence-corrected chi connectivity index (χ2v) is 9.14. The average molecular weight is 436 g/mol. The highest BCUT2D eigenvalue weighted by molar-refractivity contribution is 7.89. The van der Waals surface area contributed by atoms with Crippen molar-refractivity contribution in [1.29, 1.82) is 0 Å². The Hall–Kier alpha value is -2.42. The molecule has 0 bridgehead atoms. The predicted octanol–water partition coefficient (Wildman–Crippen LogP) is 3.73. The number of nitrogens with zero attached hydrogens (tertiary/aromatic N) is 1. The lowest BCUT2D eigenvalue weighted by molar-refractivity contribution is -0.114. The number of carbonyl (C=O) groups excluding carboxylic acids is 2. The van der Waals surface area contributed by atoms with E-state index in [2.05, 4.69) is 10.6 Å². The smallest absolute Gasteiger partial charge is 0.255 e. The molecule has 29 heavy (non-hydrogen) atoms. The van der Waals surface area contributed by atoms with Crippen LogP contribution in [0.4, 0.5) is 11.4 Å². The number of nitrogens with one attached hydrogen (secondary N) is 2. The minimum absolute atomic E-state index is 0.0688. The van der Waals surface area contributed by atoms with Crippen LogP contribution in [0.25, 0.3) is 0 Å². The fourth-order valence-electron chi connectivity index (χ4n) is 3.17. The lowest BCUT2D eigenvalue weighted by atomic mass is 10.2. The maximum Gasteiger partial charge on any atom is 0.255 e. The van der Waals surface area contributed by atoms with Gasteiger partial charge < -0.3 is 10.6 Å². The van der Waals surface area contributed by atoms with Gasteiger partial charge in [0, 0.05) is 37.0 Å². The van der Waals surface area contributed by atoms with E-state index in [1.165, 1.54) is 29.4 Å². The molecule has 2 aromatic carbocycles. The zero-order valence-electron chi connectivity index (χ0n) is 15.9. The Morgan fingerprint density at radius 1 is 0.966 bits per heavy atom. The summed E-state index contributed by atoms with van der Waals surface area (Å²) in [5.74, 6) is -0.699. The third-order valence-electron chi connectivity index (χ3n) is 4.57. The molecule has 1 saturated heterocycles. The van der Waals surface area contributed by atoms with Crippen molar-refractivity contribution in [3.05, 3.63) is 53.1 Å². The molecule has 7 nitrogen and oxygen atoms in total. The molecule has 2 N–H and O–H groups in total. The van der Waals surface area contributed by atoms with Gasteiger partial charge >= 0.3 is 0 Å². The van der Waals surface area contributed by atoms with Gasteiger partial charge in [-0.1, -0.05) is 24.1 Å². The van der Waals surface area contributed by atoms with E-state index in [1.54, 1.807) is 24.3 Å². The molecule has 9 heteroatoms. The molecule has 2 amide bonds. The molecule has 0 spiro atoms. The fraction of sp³-hybridized carbons (Fsp3) is 0.300. The number of halogens is 1. The maximum atomic E-state index is 13.0. The number of carbonyl (C=O) groups is 2. The number of benzene rings is 2. The third-order valence-corrected chi connectivity index (χ3v) is 6.95. The van der Waals surface area contributed by atoms with Crippen LogP contribution in [0.2, 0.25) is 5.02 Å². The van der Waals surface area contributed by atoms with Crippen LogP contribution in [-0.4, -0.2) is 37.6 Å². The third kappa shape index (κ3) is 5.14. The van der Waals surface area contributed by atoms with E-state index >= 15 is 0 Å². The van der Waals surface area contributed by atoms with Gasteiger partial charge in [-0.3, -0.25) is 9.59 Å². The first-order valence-electron chi connectivity index (χ1n) is 9.26. The highest BCUT2D eigenvalue weighted by atomic mass is 35.5. The van der Waals surface area contributed by atoms with Crippen LogP contribution in [0.3, 0.4) is 0 Å². The van der Waals surface area contributed by atoms with Crippen LogP contribution in [0.1, 0.15) is 36.5 Å². The topological polar surface area (TPSA) is 95.6 Å². The molecular formula is C20H22ClN3O4S. The number of amides is 2. The van der Waals surface area contributed by atoms with Crippen LogP contribution < -0.4 is 10.6 Å². The van der Waals surface area contributed by atoms with Gasteiger partial charge in [0.1, 0.15) is 4.90 Å². The van der Waals surface area contributed by atoms with Gasteiger partial charge in [-0.2, -0.15) is 4.31 Å². The minimum atomic E-state index is -3.77. The van der Waals surface area contributed by atoms with Crippen LogP contribution in [0.15, 0.2) is 47.4 Å². The van der Waals surface area contributed by atoms with Gasteiger partial charge in [-0.15, -0.1) is 0 Å². The highest BCUT2D eigenvalue weighted by Crippen LogP contribution is 2.28. The molecule has 1 aliphatic heterocycles. The summed E-state index contributed by atoms with van der Waals surface area (Å²) in [4.78, 5) is 23.8. The lowest BCUT2D eigenvalue weighted by Gasteiger charge is -2.26. The number of sulfonamides is 1. The molecule has 3 rings (SSSR count). The predicted molar refractivity (Wildman–Crippen MR) is 113 cm³/mol. The van der Waals surface area contributed by atoms with Crippen LogP contribution in [0, 0.1) is 0 Å². The van der Waals surface area contributed by atoms with E-state index in [0.717, 1.165) is 19.3 Å². The largest absolute Gasteiger partial charge is 0.326 e. The van der Waals surface area contributed by atoms with Crippen molar-refractivity contribution in [2.45, 2.75) is 31.1 Å². The van der Waals surface area contributed by atoms with E-state index < -0.39 is 15.9 Å². The monoisotopic (exact) mass is 435 g/mol. The van der Waals surface area contributed by atoms with E-state index in [4.69, 9.17) is 11.6 Å². The van der Waals surface area contributed by atoms with Crippen molar-refractivity contribution in [1.82, 2.24) is 4.31 Å². The standard InChI is InChI=1S/C20H22ClN3O4S/c1-14(25)22-16-6-5-7-17(13-16)23-20(26)15-8-9-18(21)19(12-15)29(27,28)24-10-3-2-4-11-24/h5-9,12-13H,2-4,10-11H2,1H3,(H,22,25)(H,23,26). The van der Waals surface area contributed by atoms with Gasteiger partial charge in [0.25, 0.3) is 5.91 Å². The van der Waals surface area contributed by atoms with Crippen LogP contribution in [-0.2, 0) is 14.8 Å². The zero-order valence-corrected chi connectivity index (χ0v) is 17.5. The van der Waals surface area contributed by atoms with E-state index in [1.807, 2.05) is 0 Å². The fourth-order valence-corrected chi connectivity index (χ4v) is 5.19. The van der Waals surface area contributed by atoms with E-state index in [-0.39, 0.29) is 21.4 Å². The molecule has 1 aliphatic rings. The molecule has 154 valence electrons. The Bertz CT molecular complexity index is 1030. The van der Waals surface area contributed by atoms with E-state index in [0.29, 0.717) is 24.5 Å². The molecule has 0 aliphatic carbocycles. The van der Waals surface area contributed by atoms with Crippen molar-refractivity contribution in [2.75, 3.05) is 23.7 Å². The van der Waals surface area contributed by atoms with E-state index in [9.17, 15) is 18.0 Å². The van der Waals surface area contributed by atoms with Gasteiger partial charge in [0.05, 0.1) is 5.02 Å². The summed E-state index contributed by atoms with van der Waals surface area (Å²) in [6, 6.07) is 10.9. The molecule has 1 heterocycles. The first-order valence-corrected chi connectivity index (χ1v) is 11.1. The summed E-state index contributed by atoms with van der Waals surface area (Å²) in [7, 11) is -3.77. The molecule has 0 radical (unpaired) electrons. The summed E-state index contributed by atoms with van der Waals surface area (Å²) in [5.41, 5.74) is 1.19. The van der Waals surface area contributed by atoms with Gasteiger partial charge in [0.15, 0.2) is 0 Å². The van der Waals surface area contributed by atoms with Crippen molar-refractivity contribution in [3.8, 4) is 0 Å². The number of rotatable bonds is 5. The first kappa shape index (κ1) is 21.3. The Morgan fingerprint density at radius 3 is 2.28 bits per heavy atom. The molecule has 0 atom stereocenters. The van der Waals surface area contributed by atoms with Crippen LogP contribution >= 0.6 is 11.6 Å². The zero-order chi connectivity index (χ0) is 21.0. The minimum Gasteiger partial charge on any atom is -0.326 e. The SMILES string of the molecule is CC(=O)Nc1cccc(NC(=O)c2ccc(Cl)c(S(=O)(=O)N3CCCCC3)c2)c1. The van der Waals surface area contributed by atoms with Crippen molar-refractivity contribution >= 4 is 44.8 Å². The molecule has 1 fully saturated rings. The normalized spacial score (nSPS) is 15.0. The van der Waals surface area contributed by atoms with Gasteiger partial charge in [-0.05, 0) is 49.2 Å². The van der Waals surface area contributed by atoms with Gasteiger partial charge in [-0.25, -0.2) is 8.42 Å². The first-order chi connectivity index (χ1) is 13.8. The Balaban J connectivity index is 1.83. The Kier molecular flexibility index (Phi) is 6.56. The quantitative estimate of drug-likeness (QED) is 0.748. The lowest BCUT2D eigenvalue weighted by Crippen LogP contribution is -2.35. The summed E-state index contributed by atoms with van der Waals surface area (Å²) in [5, 5.41) is 5.43. The summed E-state index contributed by atoms with van der Waals surface area (Å²) in [6.45, 7) is 2.29. The average Bonchev–Trinajstić information content (AvgIpc) is 2.68. The summed E-state index contributed by atoms with van der Waals surface area (Å²) < 4.78 is 27.3.